The van der Waals surface area contributed by atoms with Crippen LogP contribution in [-0.2, 0) is 14.8 Å². The molecule has 0 bridgehead atoms. The molecule has 1 N–H and O–H groups in total. The number of rotatable bonds is 6. The maximum atomic E-state index is 12.8. The van der Waals surface area contributed by atoms with E-state index in [9.17, 15) is 18.0 Å². The van der Waals surface area contributed by atoms with Gasteiger partial charge in [0.15, 0.2) is 0 Å². The fourth-order valence-corrected chi connectivity index (χ4v) is 4.55. The third-order valence-electron chi connectivity index (χ3n) is 4.94. The van der Waals surface area contributed by atoms with E-state index in [1.807, 2.05) is 6.07 Å². The van der Waals surface area contributed by atoms with Gasteiger partial charge >= 0.3 is 0 Å². The lowest BCUT2D eigenvalue weighted by atomic mass is 10.1. The maximum absolute atomic E-state index is 12.8. The number of hydrogen-bond donors (Lipinski definition) is 1. The molecule has 2 amide bonds. The summed E-state index contributed by atoms with van der Waals surface area (Å²) >= 11 is 6.04. The van der Waals surface area contributed by atoms with Gasteiger partial charge in [0.2, 0.25) is 15.9 Å². The van der Waals surface area contributed by atoms with E-state index in [2.05, 4.69) is 5.32 Å². The second-order valence-corrected chi connectivity index (χ2v) is 9.62. The van der Waals surface area contributed by atoms with E-state index in [4.69, 9.17) is 16.9 Å². The summed E-state index contributed by atoms with van der Waals surface area (Å²) in [4.78, 5) is 27.0. The van der Waals surface area contributed by atoms with Gasteiger partial charge in [-0.05, 0) is 55.3 Å². The standard InChI is InChI=1S/C21H21ClN4O4S/c1-25(31(29,30)17-7-4-15(13-23)5-8-17)14-20(27)24-19-12-16(22)6-9-18(19)21(28)26-10-2-3-11-26/h4-9,12H,2-3,10-11,14H2,1H3,(H,24,27). The van der Waals surface area contributed by atoms with Crippen molar-refractivity contribution in [2.45, 2.75) is 17.7 Å². The Morgan fingerprint density at radius 1 is 1.16 bits per heavy atom. The van der Waals surface area contributed by atoms with Gasteiger partial charge in [-0.25, -0.2) is 8.42 Å². The molecule has 0 saturated carbocycles. The minimum Gasteiger partial charge on any atom is -0.339 e. The van der Waals surface area contributed by atoms with Gasteiger partial charge in [0.1, 0.15) is 0 Å². The molecule has 10 heteroatoms. The minimum absolute atomic E-state index is 0.0329. The van der Waals surface area contributed by atoms with E-state index in [0.717, 1.165) is 17.1 Å². The Morgan fingerprint density at radius 2 is 1.81 bits per heavy atom. The zero-order chi connectivity index (χ0) is 22.6. The molecule has 1 aliphatic rings. The third-order valence-corrected chi connectivity index (χ3v) is 6.99. The van der Waals surface area contributed by atoms with Gasteiger partial charge in [-0.1, -0.05) is 11.6 Å². The summed E-state index contributed by atoms with van der Waals surface area (Å²) in [6.07, 6.45) is 1.86. The van der Waals surface area contributed by atoms with E-state index >= 15 is 0 Å². The van der Waals surface area contributed by atoms with Gasteiger partial charge < -0.3 is 10.2 Å². The molecule has 8 nitrogen and oxygen atoms in total. The fourth-order valence-electron chi connectivity index (χ4n) is 3.26. The summed E-state index contributed by atoms with van der Waals surface area (Å²) in [5.74, 6) is -0.819. The number of hydrogen-bond acceptors (Lipinski definition) is 5. The van der Waals surface area contributed by atoms with Crippen molar-refractivity contribution < 1.29 is 18.0 Å². The average Bonchev–Trinajstić information content (AvgIpc) is 3.28. The number of anilines is 1. The summed E-state index contributed by atoms with van der Waals surface area (Å²) in [6.45, 7) is 0.840. The highest BCUT2D eigenvalue weighted by molar-refractivity contribution is 7.89. The SMILES string of the molecule is CN(CC(=O)Nc1cc(Cl)ccc1C(=O)N1CCCC1)S(=O)(=O)c1ccc(C#N)cc1. The van der Waals surface area contributed by atoms with Gasteiger partial charge in [0, 0.05) is 25.2 Å². The summed E-state index contributed by atoms with van der Waals surface area (Å²) in [7, 11) is -2.66. The molecule has 0 unspecified atom stereocenters. The van der Waals surface area contributed by atoms with Crippen LogP contribution < -0.4 is 5.32 Å². The monoisotopic (exact) mass is 460 g/mol. The van der Waals surface area contributed by atoms with Crippen LogP contribution in [0.4, 0.5) is 5.69 Å². The Balaban J connectivity index is 1.74. The molecule has 1 saturated heterocycles. The van der Waals surface area contributed by atoms with Crippen LogP contribution in [0.25, 0.3) is 0 Å². The first-order chi connectivity index (χ1) is 14.7. The van der Waals surface area contributed by atoms with Crippen LogP contribution in [0.15, 0.2) is 47.4 Å². The molecular formula is C21H21ClN4O4S. The first-order valence-electron chi connectivity index (χ1n) is 9.57. The van der Waals surface area contributed by atoms with Gasteiger partial charge in [-0.2, -0.15) is 9.57 Å². The summed E-state index contributed by atoms with van der Waals surface area (Å²) in [6, 6.07) is 11.9. The number of benzene rings is 2. The molecule has 0 atom stereocenters. The second-order valence-electron chi connectivity index (χ2n) is 7.13. The van der Waals surface area contributed by atoms with Crippen molar-refractivity contribution in [2.24, 2.45) is 0 Å². The lowest BCUT2D eigenvalue weighted by Gasteiger charge is -2.20. The number of halogens is 1. The number of nitriles is 1. The lowest BCUT2D eigenvalue weighted by molar-refractivity contribution is -0.116. The van der Waals surface area contributed by atoms with Gasteiger partial charge in [-0.15, -0.1) is 0 Å². The van der Waals surface area contributed by atoms with E-state index in [-0.39, 0.29) is 16.5 Å². The fraction of sp³-hybridized carbons (Fsp3) is 0.286. The molecule has 1 aliphatic heterocycles. The predicted molar refractivity (Wildman–Crippen MR) is 116 cm³/mol. The van der Waals surface area contributed by atoms with Crippen molar-refractivity contribution >= 4 is 39.1 Å². The molecule has 2 aromatic carbocycles. The van der Waals surface area contributed by atoms with Crippen molar-refractivity contribution in [3.8, 4) is 6.07 Å². The number of sulfonamides is 1. The molecule has 3 rings (SSSR count). The maximum Gasteiger partial charge on any atom is 0.255 e. The number of amides is 2. The number of nitrogens with one attached hydrogen (secondary N) is 1. The highest BCUT2D eigenvalue weighted by Crippen LogP contribution is 2.24. The molecular weight excluding hydrogens is 440 g/mol. The van der Waals surface area contributed by atoms with E-state index in [1.165, 1.54) is 37.4 Å². The van der Waals surface area contributed by atoms with E-state index < -0.39 is 22.5 Å². The number of likely N-dealkylation sites (tertiary alicyclic amines) is 1. The summed E-state index contributed by atoms with van der Waals surface area (Å²) in [5.41, 5.74) is 0.867. The Morgan fingerprint density at radius 3 is 2.42 bits per heavy atom. The third kappa shape index (κ3) is 5.22. The minimum atomic E-state index is -3.94. The van der Waals surface area contributed by atoms with Crippen LogP contribution in [0.2, 0.25) is 5.02 Å². The molecule has 0 aromatic heterocycles. The predicted octanol–water partition coefficient (Wildman–Crippen LogP) is 2.71. The van der Waals surface area contributed by atoms with Crippen LogP contribution in [0.1, 0.15) is 28.8 Å². The quantitative estimate of drug-likeness (QED) is 0.712. The Labute approximate surface area is 186 Å². The van der Waals surface area contributed by atoms with Crippen LogP contribution in [0, 0.1) is 11.3 Å². The molecule has 0 aliphatic carbocycles. The summed E-state index contributed by atoms with van der Waals surface area (Å²) < 4.78 is 26.3. The largest absolute Gasteiger partial charge is 0.339 e. The molecule has 2 aromatic rings. The zero-order valence-corrected chi connectivity index (χ0v) is 18.4. The van der Waals surface area contributed by atoms with Crippen LogP contribution >= 0.6 is 11.6 Å². The topological polar surface area (TPSA) is 111 Å². The molecule has 0 spiro atoms. The van der Waals surface area contributed by atoms with Crippen molar-refractivity contribution in [1.29, 1.82) is 5.26 Å². The smallest absolute Gasteiger partial charge is 0.255 e. The number of carbonyl (C=O) groups excluding carboxylic acids is 2. The molecule has 1 heterocycles. The summed E-state index contributed by atoms with van der Waals surface area (Å²) in [5, 5.41) is 11.8. The molecule has 162 valence electrons. The highest BCUT2D eigenvalue weighted by Gasteiger charge is 2.25. The van der Waals surface area contributed by atoms with Gasteiger partial charge in [0.05, 0.1) is 34.3 Å². The average molecular weight is 461 g/mol. The van der Waals surface area contributed by atoms with Crippen molar-refractivity contribution in [3.63, 3.8) is 0 Å². The van der Waals surface area contributed by atoms with E-state index in [1.54, 1.807) is 17.0 Å². The normalized spacial score (nSPS) is 13.8. The molecule has 1 fully saturated rings. The first-order valence-corrected chi connectivity index (χ1v) is 11.4. The zero-order valence-electron chi connectivity index (χ0n) is 16.8. The number of nitrogens with zero attached hydrogens (tertiary/aromatic N) is 3. The van der Waals surface area contributed by atoms with Crippen molar-refractivity contribution in [3.05, 3.63) is 58.6 Å². The van der Waals surface area contributed by atoms with Crippen molar-refractivity contribution in [1.82, 2.24) is 9.21 Å². The Bertz CT molecular complexity index is 1140. The second kappa shape index (κ2) is 9.47. The Kier molecular flexibility index (Phi) is 6.95. The van der Waals surface area contributed by atoms with Crippen LogP contribution in [-0.4, -0.2) is 56.1 Å². The number of carbonyl (C=O) groups is 2. The first kappa shape index (κ1) is 22.7. The van der Waals surface area contributed by atoms with E-state index in [0.29, 0.717) is 29.2 Å². The van der Waals surface area contributed by atoms with Crippen molar-refractivity contribution in [2.75, 3.05) is 32.0 Å². The lowest BCUT2D eigenvalue weighted by Crippen LogP contribution is -2.35. The number of likely N-dealkylation sites (N-methyl/N-ethyl adjacent to an activating group) is 1. The van der Waals surface area contributed by atoms with Gasteiger partial charge in [-0.3, -0.25) is 9.59 Å². The van der Waals surface area contributed by atoms with Gasteiger partial charge in [0.25, 0.3) is 5.91 Å². The van der Waals surface area contributed by atoms with Crippen LogP contribution in [0.3, 0.4) is 0 Å². The van der Waals surface area contributed by atoms with Crippen LogP contribution in [0.5, 0.6) is 0 Å². The molecule has 0 radical (unpaired) electrons. The Hall–Kier alpha value is -2.93. The highest BCUT2D eigenvalue weighted by atomic mass is 35.5. The molecule has 31 heavy (non-hydrogen) atoms.